The molecular formula is C29H30BrN2O6P. The number of para-hydroxylation sites is 2. The second-order valence-corrected chi connectivity index (χ2v) is 11.6. The lowest BCUT2D eigenvalue weighted by molar-refractivity contribution is 0.174. The van der Waals surface area contributed by atoms with Gasteiger partial charge < -0.3 is 28.5 Å². The first-order chi connectivity index (χ1) is 18.9. The van der Waals surface area contributed by atoms with Crippen LogP contribution in [-0.2, 0) is 11.1 Å². The number of nitrogens with zero attached hydrogens (tertiary/aromatic N) is 2. The summed E-state index contributed by atoms with van der Waals surface area (Å²) in [5, 5.41) is 9.42. The van der Waals surface area contributed by atoms with E-state index in [9.17, 15) is 9.67 Å². The highest BCUT2D eigenvalue weighted by atomic mass is 79.9. The Labute approximate surface area is 236 Å². The van der Waals surface area contributed by atoms with Gasteiger partial charge in [-0.05, 0) is 61.7 Å². The molecule has 0 fully saturated rings. The van der Waals surface area contributed by atoms with Gasteiger partial charge in [-0.15, -0.1) is 4.76 Å². The second kappa shape index (κ2) is 12.3. The van der Waals surface area contributed by atoms with Crippen molar-refractivity contribution in [3.8, 4) is 23.0 Å². The minimum Gasteiger partial charge on any atom is -0.454 e. The molecule has 0 amide bonds. The zero-order valence-electron chi connectivity index (χ0n) is 21.5. The van der Waals surface area contributed by atoms with Gasteiger partial charge in [-0.25, -0.2) is 4.57 Å². The fraction of sp³-hybridized carbons (Fsp3) is 0.276. The van der Waals surface area contributed by atoms with Gasteiger partial charge in [0.25, 0.3) is 0 Å². The minimum atomic E-state index is -4.06. The summed E-state index contributed by atoms with van der Waals surface area (Å²) in [7, 11) is -4.06. The van der Waals surface area contributed by atoms with E-state index in [1.54, 1.807) is 48.5 Å². The van der Waals surface area contributed by atoms with Gasteiger partial charge in [-0.3, -0.25) is 0 Å². The van der Waals surface area contributed by atoms with Gasteiger partial charge >= 0.3 is 7.75 Å². The van der Waals surface area contributed by atoms with E-state index >= 15 is 0 Å². The number of aliphatic hydroxyl groups is 1. The fourth-order valence-corrected chi connectivity index (χ4v) is 6.34. The zero-order chi connectivity index (χ0) is 27.2. The monoisotopic (exact) mass is 612 g/mol. The van der Waals surface area contributed by atoms with Crippen molar-refractivity contribution in [2.45, 2.75) is 38.8 Å². The molecule has 1 atom stereocenters. The highest BCUT2D eigenvalue weighted by Crippen LogP contribution is 2.51. The van der Waals surface area contributed by atoms with Crippen molar-refractivity contribution in [2.24, 2.45) is 4.76 Å². The first kappa shape index (κ1) is 27.3. The van der Waals surface area contributed by atoms with Crippen LogP contribution in [0.5, 0.6) is 23.0 Å². The highest BCUT2D eigenvalue weighted by Gasteiger charge is 2.34. The summed E-state index contributed by atoms with van der Waals surface area (Å²) in [5.74, 6) is 2.74. The van der Waals surface area contributed by atoms with Crippen LogP contribution in [0.1, 0.15) is 31.7 Å². The maximum absolute atomic E-state index is 14.3. The summed E-state index contributed by atoms with van der Waals surface area (Å²) < 4.78 is 42.9. The number of rotatable bonds is 10. The number of fused-ring (bicyclic) bond motifs is 1. The molecule has 204 valence electrons. The lowest BCUT2D eigenvalue weighted by Gasteiger charge is -2.36. The van der Waals surface area contributed by atoms with Crippen molar-refractivity contribution in [3.63, 3.8) is 0 Å². The van der Waals surface area contributed by atoms with Crippen LogP contribution < -0.4 is 18.5 Å². The first-order valence-electron chi connectivity index (χ1n) is 12.8. The number of ether oxygens (including phenoxy) is 2. The molecule has 3 aromatic rings. The molecule has 0 aromatic heterocycles. The van der Waals surface area contributed by atoms with Gasteiger partial charge in [0.2, 0.25) is 6.79 Å². The Morgan fingerprint density at radius 1 is 1.03 bits per heavy atom. The number of halogens is 1. The number of hydrogen-bond donors (Lipinski definition) is 1. The molecule has 2 heterocycles. The molecule has 3 aromatic carbocycles. The standard InChI is InChI=1S/C29H30BrN2O6P/c1-21-15-22(9-8-14-33)16-29(32(21)19-23-17-27-28(18-26(23)30)36-20-35-27)31-39(34,37-24-10-4-2-5-11-24)38-25-12-6-3-7-13-25/h2-7,10-13,15,17-18,21,33H,8-9,14,16,19-20H2,1H3/b31-29-. The largest absolute Gasteiger partial charge is 0.564 e. The third-order valence-electron chi connectivity index (χ3n) is 6.39. The summed E-state index contributed by atoms with van der Waals surface area (Å²) in [5.41, 5.74) is 2.08. The van der Waals surface area contributed by atoms with Gasteiger partial charge in [-0.1, -0.05) is 64.0 Å². The Kier molecular flexibility index (Phi) is 8.60. The molecule has 0 aliphatic carbocycles. The Bertz CT molecular complexity index is 1350. The SMILES string of the molecule is CC1C=C(CCCO)C/C(=N/P(=O)(Oc2ccccc2)Oc2ccccc2)N1Cc1cc2c(cc1Br)OCO2. The van der Waals surface area contributed by atoms with Crippen molar-refractivity contribution in [2.75, 3.05) is 13.4 Å². The molecular weight excluding hydrogens is 583 g/mol. The molecule has 0 bridgehead atoms. The van der Waals surface area contributed by atoms with Gasteiger partial charge in [-0.2, -0.15) is 0 Å². The smallest absolute Gasteiger partial charge is 0.454 e. The first-order valence-corrected chi connectivity index (χ1v) is 15.0. The molecule has 5 rings (SSSR count). The number of benzene rings is 3. The average Bonchev–Trinajstić information content (AvgIpc) is 3.37. The Hall–Kier alpha value is -3.26. The minimum absolute atomic E-state index is 0.0644. The van der Waals surface area contributed by atoms with Gasteiger partial charge in [0.05, 0.1) is 0 Å². The van der Waals surface area contributed by atoms with Crippen molar-refractivity contribution < 1.29 is 28.2 Å². The maximum Gasteiger partial charge on any atom is 0.564 e. The molecule has 10 heteroatoms. The Morgan fingerprint density at radius 2 is 1.64 bits per heavy atom. The molecule has 0 spiro atoms. The van der Waals surface area contributed by atoms with Crippen LogP contribution in [0.2, 0.25) is 0 Å². The Morgan fingerprint density at radius 3 is 2.26 bits per heavy atom. The summed E-state index contributed by atoms with van der Waals surface area (Å²) in [6.07, 6.45) is 3.98. The summed E-state index contributed by atoms with van der Waals surface area (Å²) in [6, 6.07) is 21.6. The second-order valence-electron chi connectivity index (χ2n) is 9.29. The third-order valence-corrected chi connectivity index (χ3v) is 8.49. The van der Waals surface area contributed by atoms with Gasteiger partial charge in [0.15, 0.2) is 11.5 Å². The van der Waals surface area contributed by atoms with Crippen molar-refractivity contribution in [3.05, 3.63) is 94.5 Å². The van der Waals surface area contributed by atoms with Crippen molar-refractivity contribution >= 4 is 29.5 Å². The predicted molar refractivity (Wildman–Crippen MR) is 153 cm³/mol. The number of hydrogen-bond acceptors (Lipinski definition) is 6. The van der Waals surface area contributed by atoms with Crippen LogP contribution in [0.25, 0.3) is 0 Å². The molecule has 1 unspecified atom stereocenters. The predicted octanol–water partition coefficient (Wildman–Crippen LogP) is 7.14. The summed E-state index contributed by atoms with van der Waals surface area (Å²) in [6.45, 7) is 2.82. The van der Waals surface area contributed by atoms with Crippen LogP contribution in [0.3, 0.4) is 0 Å². The van der Waals surface area contributed by atoms with E-state index in [-0.39, 0.29) is 19.4 Å². The normalized spacial score (nSPS) is 17.7. The molecule has 0 saturated carbocycles. The van der Waals surface area contributed by atoms with E-state index in [2.05, 4.69) is 33.8 Å². The van der Waals surface area contributed by atoms with Crippen molar-refractivity contribution in [1.82, 2.24) is 4.90 Å². The van der Waals surface area contributed by atoms with E-state index in [1.807, 2.05) is 24.3 Å². The molecule has 39 heavy (non-hydrogen) atoms. The van der Waals surface area contributed by atoms with Crippen molar-refractivity contribution in [1.29, 1.82) is 0 Å². The lowest BCUT2D eigenvalue weighted by atomic mass is 9.97. The van der Waals surface area contributed by atoms with Gasteiger partial charge in [0, 0.05) is 30.1 Å². The van der Waals surface area contributed by atoms with Crippen LogP contribution >= 0.6 is 23.7 Å². The van der Waals surface area contributed by atoms with E-state index in [1.165, 1.54) is 0 Å². The maximum atomic E-state index is 14.3. The molecule has 1 N–H and O–H groups in total. The highest BCUT2D eigenvalue weighted by molar-refractivity contribution is 9.10. The van der Waals surface area contributed by atoms with E-state index < -0.39 is 7.75 Å². The Balaban J connectivity index is 1.53. The molecule has 2 aliphatic heterocycles. The molecule has 0 saturated heterocycles. The zero-order valence-corrected chi connectivity index (χ0v) is 24.0. The van der Waals surface area contributed by atoms with E-state index in [4.69, 9.17) is 23.3 Å². The molecule has 0 radical (unpaired) electrons. The van der Waals surface area contributed by atoms with Gasteiger partial charge in [0.1, 0.15) is 17.3 Å². The number of aliphatic hydroxyl groups excluding tert-OH is 1. The lowest BCUT2D eigenvalue weighted by Crippen LogP contribution is -2.40. The molecule has 8 nitrogen and oxygen atoms in total. The summed E-state index contributed by atoms with van der Waals surface area (Å²) >= 11 is 3.66. The third kappa shape index (κ3) is 6.85. The quantitative estimate of drug-likeness (QED) is 0.192. The average molecular weight is 613 g/mol. The summed E-state index contributed by atoms with van der Waals surface area (Å²) in [4.78, 5) is 2.08. The van der Waals surface area contributed by atoms with Crippen LogP contribution in [-0.4, -0.2) is 35.3 Å². The van der Waals surface area contributed by atoms with Crippen LogP contribution in [0.15, 0.2) is 93.7 Å². The topological polar surface area (TPSA) is 89.8 Å². The van der Waals surface area contributed by atoms with Crippen LogP contribution in [0, 0.1) is 0 Å². The number of amidine groups is 1. The van der Waals surface area contributed by atoms with E-state index in [0.29, 0.717) is 54.6 Å². The fourth-order valence-electron chi connectivity index (χ4n) is 4.53. The van der Waals surface area contributed by atoms with Crippen LogP contribution in [0.4, 0.5) is 0 Å². The molecule has 2 aliphatic rings. The van der Waals surface area contributed by atoms with E-state index in [0.717, 1.165) is 15.6 Å².